The van der Waals surface area contributed by atoms with Gasteiger partial charge in [0.15, 0.2) is 0 Å². The van der Waals surface area contributed by atoms with Crippen LogP contribution in [0.15, 0.2) is 24.8 Å². The monoisotopic (exact) mass is 167 g/mol. The van der Waals surface area contributed by atoms with Gasteiger partial charge in [0.05, 0.1) is 0 Å². The molecule has 0 aliphatic carbocycles. The van der Waals surface area contributed by atoms with Crippen molar-refractivity contribution >= 4 is 22.9 Å². The van der Waals surface area contributed by atoms with Gasteiger partial charge in [-0.15, -0.1) is 0 Å². The Morgan fingerprint density at radius 3 is 2.55 bits per heavy atom. The third-order valence-electron chi connectivity index (χ3n) is 1.41. The number of nitrogen functional groups attached to an aromatic ring is 1. The summed E-state index contributed by atoms with van der Waals surface area (Å²) in [4.78, 5) is 0. The molecule has 0 atom stereocenters. The number of halogens is 1. The second-order valence-electron chi connectivity index (χ2n) is 2.55. The SMILES string of the molecule is C=C(C)c1cc(N)cc(Cl)c1. The maximum atomic E-state index is 5.77. The van der Waals surface area contributed by atoms with Crippen LogP contribution in [0.4, 0.5) is 5.69 Å². The Hall–Kier alpha value is -0.950. The van der Waals surface area contributed by atoms with Crippen LogP contribution in [0.5, 0.6) is 0 Å². The Morgan fingerprint density at radius 1 is 1.45 bits per heavy atom. The van der Waals surface area contributed by atoms with Crippen LogP contribution in [0.25, 0.3) is 5.57 Å². The normalized spacial score (nSPS) is 9.64. The van der Waals surface area contributed by atoms with Crippen LogP contribution < -0.4 is 5.73 Å². The minimum atomic E-state index is 0.656. The fraction of sp³-hybridized carbons (Fsp3) is 0.111. The molecule has 0 saturated carbocycles. The first kappa shape index (κ1) is 8.15. The molecule has 0 radical (unpaired) electrons. The zero-order valence-electron chi connectivity index (χ0n) is 6.39. The number of hydrogen-bond acceptors (Lipinski definition) is 1. The molecule has 0 saturated heterocycles. The summed E-state index contributed by atoms with van der Waals surface area (Å²) >= 11 is 5.77. The fourth-order valence-electron chi connectivity index (χ4n) is 0.859. The van der Waals surface area contributed by atoms with Gasteiger partial charge in [0, 0.05) is 10.7 Å². The molecule has 1 aromatic rings. The van der Waals surface area contributed by atoms with E-state index in [-0.39, 0.29) is 0 Å². The van der Waals surface area contributed by atoms with Gasteiger partial charge in [-0.05, 0) is 30.7 Å². The van der Waals surface area contributed by atoms with Crippen molar-refractivity contribution in [3.8, 4) is 0 Å². The predicted molar refractivity (Wildman–Crippen MR) is 50.6 cm³/mol. The number of hydrogen-bond donors (Lipinski definition) is 1. The maximum absolute atomic E-state index is 5.77. The second-order valence-corrected chi connectivity index (χ2v) is 2.99. The van der Waals surface area contributed by atoms with E-state index in [2.05, 4.69) is 6.58 Å². The Balaban J connectivity index is 3.19. The van der Waals surface area contributed by atoms with Crippen LogP contribution in [0, 0.1) is 0 Å². The van der Waals surface area contributed by atoms with Crippen molar-refractivity contribution in [3.63, 3.8) is 0 Å². The summed E-state index contributed by atoms with van der Waals surface area (Å²) in [5, 5.41) is 0.656. The molecule has 11 heavy (non-hydrogen) atoms. The highest BCUT2D eigenvalue weighted by atomic mass is 35.5. The van der Waals surface area contributed by atoms with E-state index >= 15 is 0 Å². The van der Waals surface area contributed by atoms with Gasteiger partial charge >= 0.3 is 0 Å². The van der Waals surface area contributed by atoms with Crippen LogP contribution in [-0.2, 0) is 0 Å². The summed E-state index contributed by atoms with van der Waals surface area (Å²) in [6.07, 6.45) is 0. The molecule has 0 aliphatic rings. The average molecular weight is 168 g/mol. The van der Waals surface area contributed by atoms with E-state index in [0.29, 0.717) is 10.7 Å². The van der Waals surface area contributed by atoms with Crippen LogP contribution in [0.1, 0.15) is 12.5 Å². The van der Waals surface area contributed by atoms with Gasteiger partial charge in [0.1, 0.15) is 0 Å². The largest absolute Gasteiger partial charge is 0.399 e. The highest BCUT2D eigenvalue weighted by Gasteiger charge is 1.96. The summed E-state index contributed by atoms with van der Waals surface area (Å²) in [7, 11) is 0. The number of nitrogens with two attached hydrogens (primary N) is 1. The van der Waals surface area contributed by atoms with Gasteiger partial charge in [-0.2, -0.15) is 0 Å². The molecule has 0 spiro atoms. The lowest BCUT2D eigenvalue weighted by Gasteiger charge is -2.01. The molecular formula is C9H10ClN. The van der Waals surface area contributed by atoms with Gasteiger partial charge in [-0.3, -0.25) is 0 Å². The smallest absolute Gasteiger partial charge is 0.0432 e. The maximum Gasteiger partial charge on any atom is 0.0432 e. The summed E-state index contributed by atoms with van der Waals surface area (Å²) in [6, 6.07) is 5.42. The molecule has 0 unspecified atom stereocenters. The lowest BCUT2D eigenvalue weighted by atomic mass is 10.1. The lowest BCUT2D eigenvalue weighted by molar-refractivity contribution is 1.57. The zero-order valence-corrected chi connectivity index (χ0v) is 7.15. The Bertz CT molecular complexity index is 271. The quantitative estimate of drug-likeness (QED) is 0.640. The van der Waals surface area contributed by atoms with Crippen molar-refractivity contribution in [2.45, 2.75) is 6.92 Å². The molecule has 1 aromatic carbocycles. The van der Waals surface area contributed by atoms with Gasteiger partial charge in [0.25, 0.3) is 0 Å². The molecule has 0 fully saturated rings. The third kappa shape index (κ3) is 1.99. The third-order valence-corrected chi connectivity index (χ3v) is 1.63. The first-order valence-corrected chi connectivity index (χ1v) is 3.69. The molecule has 0 bridgehead atoms. The number of benzene rings is 1. The Morgan fingerprint density at radius 2 is 2.09 bits per heavy atom. The first-order chi connectivity index (χ1) is 5.09. The van der Waals surface area contributed by atoms with Crippen LogP contribution in [-0.4, -0.2) is 0 Å². The predicted octanol–water partition coefficient (Wildman–Crippen LogP) is 2.96. The summed E-state index contributed by atoms with van der Waals surface area (Å²) < 4.78 is 0. The van der Waals surface area contributed by atoms with Gasteiger partial charge in [-0.25, -0.2) is 0 Å². The molecule has 0 aliphatic heterocycles. The molecule has 2 heteroatoms. The van der Waals surface area contributed by atoms with Crippen molar-refractivity contribution in [3.05, 3.63) is 35.4 Å². The molecular weight excluding hydrogens is 158 g/mol. The fourth-order valence-corrected chi connectivity index (χ4v) is 1.10. The minimum absolute atomic E-state index is 0.656. The van der Waals surface area contributed by atoms with Gasteiger partial charge < -0.3 is 5.73 Å². The van der Waals surface area contributed by atoms with E-state index in [1.807, 2.05) is 19.1 Å². The van der Waals surface area contributed by atoms with E-state index < -0.39 is 0 Å². The van der Waals surface area contributed by atoms with E-state index in [9.17, 15) is 0 Å². The average Bonchev–Trinajstić information content (AvgIpc) is 1.85. The Kier molecular flexibility index (Phi) is 2.20. The highest BCUT2D eigenvalue weighted by molar-refractivity contribution is 6.31. The number of anilines is 1. The van der Waals surface area contributed by atoms with Crippen LogP contribution in [0.2, 0.25) is 5.02 Å². The van der Waals surface area contributed by atoms with Crippen LogP contribution >= 0.6 is 11.6 Å². The molecule has 58 valence electrons. The van der Waals surface area contributed by atoms with E-state index in [4.69, 9.17) is 17.3 Å². The van der Waals surface area contributed by atoms with E-state index in [1.165, 1.54) is 0 Å². The second kappa shape index (κ2) is 2.97. The van der Waals surface area contributed by atoms with Gasteiger partial charge in [0.2, 0.25) is 0 Å². The molecule has 1 rings (SSSR count). The zero-order chi connectivity index (χ0) is 8.43. The highest BCUT2D eigenvalue weighted by Crippen LogP contribution is 2.20. The van der Waals surface area contributed by atoms with Crippen molar-refractivity contribution < 1.29 is 0 Å². The standard InChI is InChI=1S/C9H10ClN/c1-6(2)7-3-8(10)5-9(11)4-7/h3-5H,1,11H2,2H3. The molecule has 0 heterocycles. The van der Waals surface area contributed by atoms with Crippen molar-refractivity contribution in [1.82, 2.24) is 0 Å². The minimum Gasteiger partial charge on any atom is -0.399 e. The van der Waals surface area contributed by atoms with Crippen molar-refractivity contribution in [1.29, 1.82) is 0 Å². The topological polar surface area (TPSA) is 26.0 Å². The molecule has 0 aromatic heterocycles. The number of rotatable bonds is 1. The summed E-state index contributed by atoms with van der Waals surface area (Å²) in [6.45, 7) is 5.72. The van der Waals surface area contributed by atoms with Gasteiger partial charge in [-0.1, -0.05) is 23.8 Å². The van der Waals surface area contributed by atoms with Crippen LogP contribution in [0.3, 0.4) is 0 Å². The molecule has 2 N–H and O–H groups in total. The van der Waals surface area contributed by atoms with E-state index in [0.717, 1.165) is 11.1 Å². The summed E-state index contributed by atoms with van der Waals surface area (Å²) in [5.41, 5.74) is 8.21. The summed E-state index contributed by atoms with van der Waals surface area (Å²) in [5.74, 6) is 0. The molecule has 0 amide bonds. The Labute approximate surface area is 71.5 Å². The van der Waals surface area contributed by atoms with E-state index in [1.54, 1.807) is 6.07 Å². The number of allylic oxidation sites excluding steroid dienone is 1. The van der Waals surface area contributed by atoms with Crippen molar-refractivity contribution in [2.24, 2.45) is 0 Å². The lowest BCUT2D eigenvalue weighted by Crippen LogP contribution is -1.86. The molecule has 1 nitrogen and oxygen atoms in total. The van der Waals surface area contributed by atoms with Crippen molar-refractivity contribution in [2.75, 3.05) is 5.73 Å². The first-order valence-electron chi connectivity index (χ1n) is 3.31.